The van der Waals surface area contributed by atoms with Crippen molar-refractivity contribution in [1.82, 2.24) is 0 Å². The number of benzene rings is 3. The molecule has 0 saturated carbocycles. The summed E-state index contributed by atoms with van der Waals surface area (Å²) in [5, 5.41) is 5.98. The number of rotatable bonds is 5. The number of aryl methyl sites for hydroxylation is 2. The van der Waals surface area contributed by atoms with Crippen LogP contribution in [0.1, 0.15) is 34.7 Å². The predicted molar refractivity (Wildman–Crippen MR) is 136 cm³/mol. The first-order valence-corrected chi connectivity index (χ1v) is 11.1. The molecular weight excluding hydrogens is 426 g/mol. The van der Waals surface area contributed by atoms with Gasteiger partial charge >= 0.3 is 0 Å². The minimum absolute atomic E-state index is 0.183. The minimum atomic E-state index is -0.402. The Kier molecular flexibility index (Phi) is 6.07. The van der Waals surface area contributed by atoms with Gasteiger partial charge in [0.1, 0.15) is 5.70 Å². The normalized spacial score (nSPS) is 13.5. The van der Waals surface area contributed by atoms with E-state index in [4.69, 9.17) is 0 Å². The first-order chi connectivity index (χ1) is 16.2. The van der Waals surface area contributed by atoms with Gasteiger partial charge in [0.05, 0.1) is 11.3 Å². The SMILES string of the molecule is CC(=O)Nc1ccc(C2=C(Nc3cccc(C)c3C)C(=O)N(c3cccc(C)c3C)C2=O)cc1. The van der Waals surface area contributed by atoms with E-state index in [1.54, 1.807) is 30.3 Å². The number of carbonyl (C=O) groups is 3. The molecule has 3 amide bonds. The Morgan fingerprint density at radius 3 is 2.03 bits per heavy atom. The lowest BCUT2D eigenvalue weighted by Gasteiger charge is -2.19. The Morgan fingerprint density at radius 1 is 0.765 bits per heavy atom. The average Bonchev–Trinajstić information content (AvgIpc) is 3.03. The zero-order valence-corrected chi connectivity index (χ0v) is 19.9. The van der Waals surface area contributed by atoms with Crippen molar-refractivity contribution in [3.63, 3.8) is 0 Å². The summed E-state index contributed by atoms with van der Waals surface area (Å²) in [7, 11) is 0. The Balaban J connectivity index is 1.84. The maximum atomic E-state index is 13.7. The summed E-state index contributed by atoms with van der Waals surface area (Å²) in [5.74, 6) is -0.975. The zero-order valence-electron chi connectivity index (χ0n) is 19.9. The summed E-state index contributed by atoms with van der Waals surface area (Å²) in [4.78, 5) is 40.1. The molecule has 1 aliphatic rings. The van der Waals surface area contributed by atoms with Crippen LogP contribution in [0.3, 0.4) is 0 Å². The summed E-state index contributed by atoms with van der Waals surface area (Å²) in [6.07, 6.45) is 0. The van der Waals surface area contributed by atoms with Gasteiger partial charge in [-0.2, -0.15) is 0 Å². The number of amides is 3. The topological polar surface area (TPSA) is 78.5 Å². The Morgan fingerprint density at radius 2 is 1.38 bits per heavy atom. The van der Waals surface area contributed by atoms with Crippen LogP contribution >= 0.6 is 0 Å². The second-order valence-electron chi connectivity index (χ2n) is 8.55. The molecule has 0 unspecified atom stereocenters. The minimum Gasteiger partial charge on any atom is -0.350 e. The first kappa shape index (κ1) is 23.0. The number of nitrogens with zero attached hydrogens (tertiary/aromatic N) is 1. The van der Waals surface area contributed by atoms with E-state index in [9.17, 15) is 14.4 Å². The third-order valence-corrected chi connectivity index (χ3v) is 6.26. The third-order valence-electron chi connectivity index (χ3n) is 6.26. The summed E-state index contributed by atoms with van der Waals surface area (Å²) in [6.45, 7) is 9.27. The molecule has 6 nitrogen and oxygen atoms in total. The van der Waals surface area contributed by atoms with Crippen LogP contribution < -0.4 is 15.5 Å². The van der Waals surface area contributed by atoms with Crippen LogP contribution in [0.25, 0.3) is 5.57 Å². The second-order valence-corrected chi connectivity index (χ2v) is 8.55. The van der Waals surface area contributed by atoms with Gasteiger partial charge in [0.25, 0.3) is 11.8 Å². The van der Waals surface area contributed by atoms with E-state index in [1.807, 2.05) is 58.0 Å². The van der Waals surface area contributed by atoms with E-state index in [1.165, 1.54) is 11.8 Å². The van der Waals surface area contributed by atoms with Crippen LogP contribution in [0.5, 0.6) is 0 Å². The fraction of sp³-hybridized carbons (Fsp3) is 0.179. The molecule has 1 aliphatic heterocycles. The molecule has 4 rings (SSSR count). The molecule has 0 spiro atoms. The van der Waals surface area contributed by atoms with E-state index >= 15 is 0 Å². The van der Waals surface area contributed by atoms with Gasteiger partial charge in [-0.15, -0.1) is 0 Å². The van der Waals surface area contributed by atoms with Crippen LogP contribution in [0, 0.1) is 27.7 Å². The lowest BCUT2D eigenvalue weighted by molar-refractivity contribution is -0.120. The van der Waals surface area contributed by atoms with Gasteiger partial charge < -0.3 is 10.6 Å². The van der Waals surface area contributed by atoms with Crippen LogP contribution in [0.2, 0.25) is 0 Å². The number of nitrogens with one attached hydrogen (secondary N) is 2. The van der Waals surface area contributed by atoms with Gasteiger partial charge in [0.15, 0.2) is 0 Å². The smallest absolute Gasteiger partial charge is 0.282 e. The van der Waals surface area contributed by atoms with Gasteiger partial charge in [0.2, 0.25) is 5.91 Å². The highest BCUT2D eigenvalue weighted by Gasteiger charge is 2.41. The quantitative estimate of drug-likeness (QED) is 0.516. The average molecular weight is 454 g/mol. The van der Waals surface area contributed by atoms with Gasteiger partial charge in [-0.1, -0.05) is 36.4 Å². The molecule has 0 aromatic heterocycles. The van der Waals surface area contributed by atoms with Gasteiger partial charge in [-0.25, -0.2) is 4.90 Å². The number of hydrogen-bond acceptors (Lipinski definition) is 4. The first-order valence-electron chi connectivity index (χ1n) is 11.1. The van der Waals surface area contributed by atoms with Gasteiger partial charge in [0, 0.05) is 18.3 Å². The zero-order chi connectivity index (χ0) is 24.6. The molecule has 0 saturated heterocycles. The lowest BCUT2D eigenvalue weighted by atomic mass is 10.0. The van der Waals surface area contributed by atoms with Crippen LogP contribution in [-0.2, 0) is 14.4 Å². The van der Waals surface area contributed by atoms with Crippen LogP contribution in [0.15, 0.2) is 66.4 Å². The van der Waals surface area contributed by atoms with Gasteiger partial charge in [-0.3, -0.25) is 14.4 Å². The van der Waals surface area contributed by atoms with Crippen molar-refractivity contribution in [3.05, 3.63) is 94.2 Å². The summed E-state index contributed by atoms with van der Waals surface area (Å²) in [5.41, 5.74) is 7.01. The van der Waals surface area contributed by atoms with Crippen molar-refractivity contribution in [3.8, 4) is 0 Å². The Bertz CT molecular complexity index is 1350. The molecule has 0 bridgehead atoms. The molecule has 0 aliphatic carbocycles. The highest BCUT2D eigenvalue weighted by molar-refractivity contribution is 6.46. The maximum Gasteiger partial charge on any atom is 0.282 e. The molecule has 3 aromatic rings. The monoisotopic (exact) mass is 453 g/mol. The van der Waals surface area contributed by atoms with Crippen molar-refractivity contribution in [2.45, 2.75) is 34.6 Å². The van der Waals surface area contributed by atoms with Crippen molar-refractivity contribution in [1.29, 1.82) is 0 Å². The molecule has 0 fully saturated rings. The van der Waals surface area contributed by atoms with Crippen molar-refractivity contribution >= 4 is 40.4 Å². The maximum absolute atomic E-state index is 13.7. The van der Waals surface area contributed by atoms with E-state index in [-0.39, 0.29) is 11.6 Å². The standard InChI is InChI=1S/C28H27N3O3/c1-16-8-6-10-23(18(16)3)30-26-25(21-12-14-22(15-13-21)29-20(5)32)27(33)31(28(26)34)24-11-7-9-17(2)19(24)4/h6-15,30H,1-5H3,(H,29,32). The van der Waals surface area contributed by atoms with Crippen molar-refractivity contribution < 1.29 is 14.4 Å². The molecule has 172 valence electrons. The number of carbonyl (C=O) groups excluding carboxylic acids is 3. The lowest BCUT2D eigenvalue weighted by Crippen LogP contribution is -2.33. The van der Waals surface area contributed by atoms with Crippen molar-refractivity contribution in [2.75, 3.05) is 15.5 Å². The number of hydrogen-bond donors (Lipinski definition) is 2. The second kappa shape index (κ2) is 8.98. The summed E-state index contributed by atoms with van der Waals surface area (Å²) in [6, 6.07) is 18.3. The highest BCUT2D eigenvalue weighted by Crippen LogP contribution is 2.36. The van der Waals surface area contributed by atoms with Gasteiger partial charge in [-0.05, 0) is 79.8 Å². The van der Waals surface area contributed by atoms with E-state index < -0.39 is 11.8 Å². The third kappa shape index (κ3) is 4.10. The highest BCUT2D eigenvalue weighted by atomic mass is 16.2. The summed E-state index contributed by atoms with van der Waals surface area (Å²) >= 11 is 0. The largest absolute Gasteiger partial charge is 0.350 e. The van der Waals surface area contributed by atoms with E-state index in [0.29, 0.717) is 22.5 Å². The van der Waals surface area contributed by atoms with Crippen LogP contribution in [-0.4, -0.2) is 17.7 Å². The summed E-state index contributed by atoms with van der Waals surface area (Å²) < 4.78 is 0. The number of anilines is 3. The fourth-order valence-corrected chi connectivity index (χ4v) is 4.05. The molecule has 0 atom stereocenters. The molecule has 1 heterocycles. The van der Waals surface area contributed by atoms with E-state index in [0.717, 1.165) is 27.9 Å². The molecule has 34 heavy (non-hydrogen) atoms. The molecular formula is C28H27N3O3. The molecule has 0 radical (unpaired) electrons. The fourth-order valence-electron chi connectivity index (χ4n) is 4.05. The van der Waals surface area contributed by atoms with Crippen molar-refractivity contribution in [2.24, 2.45) is 0 Å². The molecule has 6 heteroatoms. The van der Waals surface area contributed by atoms with E-state index in [2.05, 4.69) is 10.6 Å². The predicted octanol–water partition coefficient (Wildman–Crippen LogP) is 5.28. The molecule has 2 N–H and O–H groups in total. The Labute approximate surface area is 199 Å². The number of imide groups is 1. The Hall–Kier alpha value is -4.19. The van der Waals surface area contributed by atoms with Crippen LogP contribution in [0.4, 0.5) is 17.1 Å². The molecule has 3 aromatic carbocycles.